The molecule has 30 heavy (non-hydrogen) atoms. The molecule has 0 aliphatic carbocycles. The van der Waals surface area contributed by atoms with E-state index in [2.05, 4.69) is 20.8 Å². The number of aromatic nitrogens is 4. The van der Waals surface area contributed by atoms with Crippen LogP contribution in [0.4, 0.5) is 0 Å². The maximum Gasteiger partial charge on any atom is 0.231 e. The van der Waals surface area contributed by atoms with E-state index in [-0.39, 0.29) is 17.7 Å². The molecule has 9 heteroatoms. The highest BCUT2D eigenvalue weighted by Crippen LogP contribution is 2.24. The standard InChI is InChI=1S/C21H21N5O3S/c1-14(19-11-16-5-3-4-6-18(16)29-19)22-20(27)13-30-21-23-24-25-26(21)12-15-7-9-17(28-2)10-8-15/h3-11,14H,12-13H2,1-2H3,(H,22,27)/t14-/m0/s1. The SMILES string of the molecule is COc1ccc(Cn2nnnc2SCC(=O)N[C@@H](C)c2cc3ccccc3o2)cc1. The number of hydrogen-bond acceptors (Lipinski definition) is 7. The van der Waals surface area contributed by atoms with Crippen molar-refractivity contribution in [1.29, 1.82) is 0 Å². The van der Waals surface area contributed by atoms with Crippen molar-refractivity contribution in [3.8, 4) is 5.75 Å². The van der Waals surface area contributed by atoms with Crippen molar-refractivity contribution in [2.45, 2.75) is 24.7 Å². The van der Waals surface area contributed by atoms with Crippen molar-refractivity contribution in [1.82, 2.24) is 25.5 Å². The molecule has 8 nitrogen and oxygen atoms in total. The van der Waals surface area contributed by atoms with E-state index in [1.807, 2.05) is 61.5 Å². The minimum absolute atomic E-state index is 0.119. The largest absolute Gasteiger partial charge is 0.497 e. The van der Waals surface area contributed by atoms with E-state index in [0.29, 0.717) is 11.7 Å². The summed E-state index contributed by atoms with van der Waals surface area (Å²) in [6.45, 7) is 2.41. The first-order valence-corrected chi connectivity index (χ1v) is 10.4. The van der Waals surface area contributed by atoms with Crippen molar-refractivity contribution in [2.24, 2.45) is 0 Å². The molecular formula is C21H21N5O3S. The molecule has 1 atom stereocenters. The number of methoxy groups -OCH3 is 1. The molecule has 0 saturated heterocycles. The van der Waals surface area contributed by atoms with Gasteiger partial charge in [-0.15, -0.1) is 5.10 Å². The Balaban J connectivity index is 1.33. The Labute approximate surface area is 177 Å². The zero-order valence-electron chi connectivity index (χ0n) is 16.6. The number of thioether (sulfide) groups is 1. The molecule has 4 aromatic rings. The third-order valence-electron chi connectivity index (χ3n) is 4.57. The highest BCUT2D eigenvalue weighted by Gasteiger charge is 2.16. The van der Waals surface area contributed by atoms with E-state index >= 15 is 0 Å². The summed E-state index contributed by atoms with van der Waals surface area (Å²) >= 11 is 1.29. The lowest BCUT2D eigenvalue weighted by Gasteiger charge is -2.11. The summed E-state index contributed by atoms with van der Waals surface area (Å²) in [5, 5.41) is 16.3. The van der Waals surface area contributed by atoms with Crippen LogP contribution in [0.1, 0.15) is 24.3 Å². The van der Waals surface area contributed by atoms with E-state index in [4.69, 9.17) is 9.15 Å². The molecule has 0 saturated carbocycles. The Morgan fingerprint density at radius 3 is 2.80 bits per heavy atom. The summed E-state index contributed by atoms with van der Waals surface area (Å²) in [5.41, 5.74) is 1.84. The molecule has 1 amide bonds. The lowest BCUT2D eigenvalue weighted by Crippen LogP contribution is -2.28. The lowest BCUT2D eigenvalue weighted by molar-refractivity contribution is -0.119. The van der Waals surface area contributed by atoms with Gasteiger partial charge < -0.3 is 14.5 Å². The van der Waals surface area contributed by atoms with Crippen LogP contribution in [0.5, 0.6) is 5.75 Å². The van der Waals surface area contributed by atoms with Crippen molar-refractivity contribution in [3.63, 3.8) is 0 Å². The average Bonchev–Trinajstić information content (AvgIpc) is 3.39. The number of ether oxygens (including phenoxy) is 1. The van der Waals surface area contributed by atoms with Crippen LogP contribution in [-0.2, 0) is 11.3 Å². The normalized spacial score (nSPS) is 12.1. The average molecular weight is 423 g/mol. The van der Waals surface area contributed by atoms with E-state index in [1.165, 1.54) is 11.8 Å². The molecule has 1 N–H and O–H groups in total. The van der Waals surface area contributed by atoms with Crippen LogP contribution in [-0.4, -0.2) is 39.0 Å². The molecule has 0 aliphatic heterocycles. The molecule has 4 rings (SSSR count). The number of rotatable bonds is 8. The Bertz CT molecular complexity index is 1110. The first-order chi connectivity index (χ1) is 14.6. The molecule has 0 radical (unpaired) electrons. The van der Waals surface area contributed by atoms with Gasteiger partial charge in [-0.3, -0.25) is 4.79 Å². The zero-order valence-corrected chi connectivity index (χ0v) is 17.4. The molecule has 154 valence electrons. The van der Waals surface area contributed by atoms with E-state index in [0.717, 1.165) is 28.0 Å². The minimum Gasteiger partial charge on any atom is -0.497 e. The van der Waals surface area contributed by atoms with Gasteiger partial charge in [0.05, 0.1) is 25.4 Å². The second-order valence-electron chi connectivity index (χ2n) is 6.73. The Kier molecular flexibility index (Phi) is 5.99. The van der Waals surface area contributed by atoms with Gasteiger partial charge in [0.1, 0.15) is 17.1 Å². The number of furan rings is 1. The van der Waals surface area contributed by atoms with Gasteiger partial charge in [-0.2, -0.15) is 0 Å². The first kappa shape index (κ1) is 20.0. The monoisotopic (exact) mass is 423 g/mol. The third kappa shape index (κ3) is 4.62. The Morgan fingerprint density at radius 1 is 1.23 bits per heavy atom. The number of nitrogens with one attached hydrogen (secondary N) is 1. The van der Waals surface area contributed by atoms with Crippen molar-refractivity contribution >= 4 is 28.6 Å². The van der Waals surface area contributed by atoms with Gasteiger partial charge in [-0.1, -0.05) is 42.1 Å². The predicted molar refractivity (Wildman–Crippen MR) is 113 cm³/mol. The summed E-state index contributed by atoms with van der Waals surface area (Å²) in [7, 11) is 1.63. The molecule has 0 aliphatic rings. The number of benzene rings is 2. The number of hydrogen-bond donors (Lipinski definition) is 1. The molecular weight excluding hydrogens is 402 g/mol. The second kappa shape index (κ2) is 9.00. The van der Waals surface area contributed by atoms with Crippen LogP contribution in [0.25, 0.3) is 11.0 Å². The maximum atomic E-state index is 12.4. The van der Waals surface area contributed by atoms with Gasteiger partial charge in [-0.05, 0) is 47.2 Å². The van der Waals surface area contributed by atoms with Crippen LogP contribution >= 0.6 is 11.8 Å². The quantitative estimate of drug-likeness (QED) is 0.434. The smallest absolute Gasteiger partial charge is 0.231 e. The highest BCUT2D eigenvalue weighted by atomic mass is 32.2. The molecule has 0 bridgehead atoms. The van der Waals surface area contributed by atoms with Crippen LogP contribution in [0.3, 0.4) is 0 Å². The second-order valence-corrected chi connectivity index (χ2v) is 7.67. The molecule has 0 fully saturated rings. The first-order valence-electron chi connectivity index (χ1n) is 9.42. The van der Waals surface area contributed by atoms with Crippen LogP contribution < -0.4 is 10.1 Å². The zero-order chi connectivity index (χ0) is 20.9. The van der Waals surface area contributed by atoms with Gasteiger partial charge in [0.25, 0.3) is 0 Å². The van der Waals surface area contributed by atoms with E-state index in [1.54, 1.807) is 11.8 Å². The molecule has 2 aromatic carbocycles. The summed E-state index contributed by atoms with van der Waals surface area (Å²) in [6, 6.07) is 17.2. The fourth-order valence-corrected chi connectivity index (χ4v) is 3.69. The number of nitrogens with zero attached hydrogens (tertiary/aromatic N) is 4. The number of fused-ring (bicyclic) bond motifs is 1. The lowest BCUT2D eigenvalue weighted by atomic mass is 10.2. The molecule has 2 aromatic heterocycles. The topological polar surface area (TPSA) is 95.1 Å². The van der Waals surface area contributed by atoms with Crippen LogP contribution in [0, 0.1) is 0 Å². The number of amides is 1. The maximum absolute atomic E-state index is 12.4. The summed E-state index contributed by atoms with van der Waals surface area (Å²) < 4.78 is 12.7. The van der Waals surface area contributed by atoms with Gasteiger partial charge in [0.15, 0.2) is 0 Å². The fraction of sp³-hybridized carbons (Fsp3) is 0.238. The summed E-state index contributed by atoms with van der Waals surface area (Å²) in [4.78, 5) is 12.4. The summed E-state index contributed by atoms with van der Waals surface area (Å²) in [5.74, 6) is 1.60. The molecule has 0 unspecified atom stereocenters. The Morgan fingerprint density at radius 2 is 2.03 bits per heavy atom. The predicted octanol–water partition coefficient (Wildman–Crippen LogP) is 3.45. The minimum atomic E-state index is -0.235. The van der Waals surface area contributed by atoms with Crippen molar-refractivity contribution in [2.75, 3.05) is 12.9 Å². The highest BCUT2D eigenvalue weighted by molar-refractivity contribution is 7.99. The van der Waals surface area contributed by atoms with Gasteiger partial charge in [0, 0.05) is 5.39 Å². The van der Waals surface area contributed by atoms with Crippen molar-refractivity contribution < 1.29 is 13.9 Å². The summed E-state index contributed by atoms with van der Waals surface area (Å²) in [6.07, 6.45) is 0. The number of para-hydroxylation sites is 1. The van der Waals surface area contributed by atoms with E-state index < -0.39 is 0 Å². The van der Waals surface area contributed by atoms with Gasteiger partial charge >= 0.3 is 0 Å². The third-order valence-corrected chi connectivity index (χ3v) is 5.53. The molecule has 0 spiro atoms. The number of carbonyl (C=O) groups is 1. The number of carbonyl (C=O) groups excluding carboxylic acids is 1. The fourth-order valence-electron chi connectivity index (χ4n) is 3.00. The number of tetrazole rings is 1. The van der Waals surface area contributed by atoms with Crippen molar-refractivity contribution in [3.05, 3.63) is 65.9 Å². The Hall–Kier alpha value is -3.33. The van der Waals surface area contributed by atoms with Crippen LogP contribution in [0.15, 0.2) is 64.2 Å². The van der Waals surface area contributed by atoms with Gasteiger partial charge in [-0.25, -0.2) is 4.68 Å². The van der Waals surface area contributed by atoms with Gasteiger partial charge in [0.2, 0.25) is 11.1 Å². The molecule has 2 heterocycles. The van der Waals surface area contributed by atoms with E-state index in [9.17, 15) is 4.79 Å². The van der Waals surface area contributed by atoms with Crippen LogP contribution in [0.2, 0.25) is 0 Å².